The number of ether oxygens (including phenoxy) is 1. The van der Waals surface area contributed by atoms with E-state index >= 15 is 0 Å². The molecule has 1 aromatic rings. The van der Waals surface area contributed by atoms with Crippen LogP contribution in [0.5, 0.6) is 0 Å². The second-order valence-electron chi connectivity index (χ2n) is 6.05. The van der Waals surface area contributed by atoms with Gasteiger partial charge in [0.2, 0.25) is 0 Å². The normalized spacial score (nSPS) is 15.2. The van der Waals surface area contributed by atoms with Gasteiger partial charge < -0.3 is 10.1 Å². The Morgan fingerprint density at radius 2 is 1.85 bits per heavy atom. The van der Waals surface area contributed by atoms with Crippen LogP contribution in [0.4, 0.5) is 0 Å². The van der Waals surface area contributed by atoms with E-state index < -0.39 is 0 Å². The van der Waals surface area contributed by atoms with Gasteiger partial charge in [-0.15, -0.1) is 0 Å². The predicted octanol–water partition coefficient (Wildman–Crippen LogP) is 2.80. The van der Waals surface area contributed by atoms with E-state index in [9.17, 15) is 0 Å². The van der Waals surface area contributed by atoms with E-state index in [1.807, 2.05) is 0 Å². The van der Waals surface area contributed by atoms with Crippen LogP contribution in [0.2, 0.25) is 0 Å². The van der Waals surface area contributed by atoms with Crippen LogP contribution in [0.1, 0.15) is 37.8 Å². The molecule has 0 bridgehead atoms. The van der Waals surface area contributed by atoms with Crippen molar-refractivity contribution in [1.82, 2.24) is 10.2 Å². The summed E-state index contributed by atoms with van der Waals surface area (Å²) in [6.45, 7) is 8.22. The van der Waals surface area contributed by atoms with Gasteiger partial charge in [0.25, 0.3) is 0 Å². The molecule has 0 unspecified atom stereocenters. The first-order chi connectivity index (χ1) is 9.69. The third-order valence-electron chi connectivity index (χ3n) is 3.77. The standard InChI is InChI=1S/C17H28N2O/c1-14(2)18-12-15-4-6-16(7-5-15)13-19(10-11-20-3)17-8-9-17/h4-7,14,17-18H,8-13H2,1-3H3. The minimum absolute atomic E-state index is 0.536. The molecule has 3 heteroatoms. The molecule has 0 saturated heterocycles. The Labute approximate surface area is 123 Å². The van der Waals surface area contributed by atoms with E-state index in [1.165, 1.54) is 24.0 Å². The zero-order valence-electron chi connectivity index (χ0n) is 13.1. The van der Waals surface area contributed by atoms with E-state index in [2.05, 4.69) is 48.3 Å². The molecule has 0 amide bonds. The lowest BCUT2D eigenvalue weighted by Gasteiger charge is -2.21. The summed E-state index contributed by atoms with van der Waals surface area (Å²) in [5.74, 6) is 0. The number of nitrogens with zero attached hydrogens (tertiary/aromatic N) is 1. The maximum atomic E-state index is 5.21. The van der Waals surface area contributed by atoms with Crippen LogP contribution in [0.15, 0.2) is 24.3 Å². The second kappa shape index (κ2) is 7.77. The van der Waals surface area contributed by atoms with Crippen molar-refractivity contribution in [2.24, 2.45) is 0 Å². The molecule has 2 rings (SSSR count). The number of benzene rings is 1. The van der Waals surface area contributed by atoms with E-state index in [0.29, 0.717) is 6.04 Å². The third kappa shape index (κ3) is 5.23. The van der Waals surface area contributed by atoms with Crippen molar-refractivity contribution in [2.45, 2.75) is 51.9 Å². The SMILES string of the molecule is COCCN(Cc1ccc(CNC(C)C)cc1)C1CC1. The van der Waals surface area contributed by atoms with Crippen LogP contribution in [0.3, 0.4) is 0 Å². The Balaban J connectivity index is 1.85. The lowest BCUT2D eigenvalue weighted by Crippen LogP contribution is -2.29. The number of methoxy groups -OCH3 is 1. The highest BCUT2D eigenvalue weighted by Gasteiger charge is 2.28. The van der Waals surface area contributed by atoms with Gasteiger partial charge in [-0.1, -0.05) is 38.1 Å². The minimum Gasteiger partial charge on any atom is -0.383 e. The van der Waals surface area contributed by atoms with Crippen LogP contribution in [0, 0.1) is 0 Å². The third-order valence-corrected chi connectivity index (χ3v) is 3.77. The molecule has 0 aromatic heterocycles. The summed E-state index contributed by atoms with van der Waals surface area (Å²) in [5, 5.41) is 3.45. The molecular formula is C17H28N2O. The Morgan fingerprint density at radius 1 is 1.20 bits per heavy atom. The molecule has 112 valence electrons. The van der Waals surface area contributed by atoms with Crippen LogP contribution >= 0.6 is 0 Å². The first-order valence-corrected chi connectivity index (χ1v) is 7.73. The van der Waals surface area contributed by atoms with Crippen LogP contribution in [-0.2, 0) is 17.8 Å². The van der Waals surface area contributed by atoms with Crippen molar-refractivity contribution in [3.63, 3.8) is 0 Å². The highest BCUT2D eigenvalue weighted by molar-refractivity contribution is 5.22. The topological polar surface area (TPSA) is 24.5 Å². The number of hydrogen-bond donors (Lipinski definition) is 1. The monoisotopic (exact) mass is 276 g/mol. The summed E-state index contributed by atoms with van der Waals surface area (Å²) in [7, 11) is 1.78. The molecular weight excluding hydrogens is 248 g/mol. The molecule has 3 nitrogen and oxygen atoms in total. The Bertz CT molecular complexity index is 384. The fourth-order valence-corrected chi connectivity index (χ4v) is 2.36. The van der Waals surface area contributed by atoms with Gasteiger partial charge >= 0.3 is 0 Å². The molecule has 20 heavy (non-hydrogen) atoms. The molecule has 0 aliphatic heterocycles. The number of hydrogen-bond acceptors (Lipinski definition) is 3. The molecule has 1 aliphatic carbocycles. The Kier molecular flexibility index (Phi) is 6.02. The van der Waals surface area contributed by atoms with Gasteiger partial charge in [0, 0.05) is 38.8 Å². The van der Waals surface area contributed by atoms with Crippen LogP contribution in [0.25, 0.3) is 0 Å². The van der Waals surface area contributed by atoms with Gasteiger partial charge in [-0.25, -0.2) is 0 Å². The fraction of sp³-hybridized carbons (Fsp3) is 0.647. The lowest BCUT2D eigenvalue weighted by atomic mass is 10.1. The smallest absolute Gasteiger partial charge is 0.0589 e. The minimum atomic E-state index is 0.536. The molecule has 0 spiro atoms. The van der Waals surface area contributed by atoms with Crippen molar-refractivity contribution in [1.29, 1.82) is 0 Å². The van der Waals surface area contributed by atoms with E-state index in [4.69, 9.17) is 4.74 Å². The van der Waals surface area contributed by atoms with Crippen molar-refractivity contribution in [2.75, 3.05) is 20.3 Å². The van der Waals surface area contributed by atoms with Crippen molar-refractivity contribution in [3.8, 4) is 0 Å². The molecule has 0 heterocycles. The number of rotatable bonds is 9. The van der Waals surface area contributed by atoms with Gasteiger partial charge in [-0.2, -0.15) is 0 Å². The maximum Gasteiger partial charge on any atom is 0.0589 e. The number of nitrogens with one attached hydrogen (secondary N) is 1. The van der Waals surface area contributed by atoms with Crippen molar-refractivity contribution in [3.05, 3.63) is 35.4 Å². The van der Waals surface area contributed by atoms with E-state index in [1.54, 1.807) is 7.11 Å². The molecule has 0 radical (unpaired) electrons. The molecule has 1 aromatic carbocycles. The average Bonchev–Trinajstić information content (AvgIpc) is 3.27. The Hall–Kier alpha value is -0.900. The summed E-state index contributed by atoms with van der Waals surface area (Å²) in [6.07, 6.45) is 2.69. The molecule has 1 aliphatic rings. The molecule has 1 N–H and O–H groups in total. The van der Waals surface area contributed by atoms with E-state index in [-0.39, 0.29) is 0 Å². The molecule has 1 saturated carbocycles. The fourth-order valence-electron chi connectivity index (χ4n) is 2.36. The van der Waals surface area contributed by atoms with Crippen LogP contribution in [-0.4, -0.2) is 37.2 Å². The molecule has 0 atom stereocenters. The van der Waals surface area contributed by atoms with Crippen molar-refractivity contribution >= 4 is 0 Å². The molecule has 1 fully saturated rings. The zero-order valence-corrected chi connectivity index (χ0v) is 13.1. The van der Waals surface area contributed by atoms with E-state index in [0.717, 1.165) is 32.3 Å². The largest absolute Gasteiger partial charge is 0.383 e. The first kappa shape index (κ1) is 15.5. The highest BCUT2D eigenvalue weighted by Crippen LogP contribution is 2.28. The lowest BCUT2D eigenvalue weighted by molar-refractivity contribution is 0.139. The van der Waals surface area contributed by atoms with Gasteiger partial charge in [0.05, 0.1) is 6.61 Å². The first-order valence-electron chi connectivity index (χ1n) is 7.73. The van der Waals surface area contributed by atoms with Gasteiger partial charge in [0.15, 0.2) is 0 Å². The Morgan fingerprint density at radius 3 is 2.40 bits per heavy atom. The zero-order chi connectivity index (χ0) is 14.4. The van der Waals surface area contributed by atoms with Gasteiger partial charge in [-0.05, 0) is 24.0 Å². The highest BCUT2D eigenvalue weighted by atomic mass is 16.5. The predicted molar refractivity (Wildman–Crippen MR) is 83.7 cm³/mol. The maximum absolute atomic E-state index is 5.21. The quantitative estimate of drug-likeness (QED) is 0.750. The van der Waals surface area contributed by atoms with Crippen molar-refractivity contribution < 1.29 is 4.74 Å². The second-order valence-corrected chi connectivity index (χ2v) is 6.05. The summed E-state index contributed by atoms with van der Waals surface area (Å²) in [4.78, 5) is 2.55. The van der Waals surface area contributed by atoms with Gasteiger partial charge in [-0.3, -0.25) is 4.90 Å². The summed E-state index contributed by atoms with van der Waals surface area (Å²) >= 11 is 0. The van der Waals surface area contributed by atoms with Crippen LogP contribution < -0.4 is 5.32 Å². The average molecular weight is 276 g/mol. The van der Waals surface area contributed by atoms with Gasteiger partial charge in [0.1, 0.15) is 0 Å². The summed E-state index contributed by atoms with van der Waals surface area (Å²) in [6, 6.07) is 10.3. The summed E-state index contributed by atoms with van der Waals surface area (Å²) < 4.78 is 5.21. The summed E-state index contributed by atoms with van der Waals surface area (Å²) in [5.41, 5.74) is 2.76.